The van der Waals surface area contributed by atoms with E-state index in [2.05, 4.69) is 10.2 Å². The lowest BCUT2D eigenvalue weighted by Crippen LogP contribution is -2.53. The quantitative estimate of drug-likeness (QED) is 0.147. The minimum absolute atomic E-state index is 0.0479. The smallest absolute Gasteiger partial charge is 0.297 e. The summed E-state index contributed by atoms with van der Waals surface area (Å²) in [5.41, 5.74) is -1.01. The average Bonchev–Trinajstić information content (AvgIpc) is 3.71. The van der Waals surface area contributed by atoms with E-state index in [9.17, 15) is 23.2 Å². The highest BCUT2D eigenvalue weighted by Gasteiger charge is 2.66. The van der Waals surface area contributed by atoms with Gasteiger partial charge in [-0.3, -0.25) is 19.3 Å². The highest BCUT2D eigenvalue weighted by Crippen LogP contribution is 2.55. The Kier molecular flexibility index (Phi) is 6.59. The number of thioether (sulfide) groups is 1. The first-order valence-corrected chi connectivity index (χ1v) is 15.9. The predicted octanol–water partition coefficient (Wildman–Crippen LogP) is 6.67. The van der Waals surface area contributed by atoms with E-state index in [1.165, 1.54) is 33.7 Å². The number of halogens is 2. The number of amides is 2. The van der Waals surface area contributed by atoms with Crippen molar-refractivity contribution < 1.29 is 22.8 Å². The van der Waals surface area contributed by atoms with Gasteiger partial charge >= 0.3 is 0 Å². The van der Waals surface area contributed by atoms with Crippen molar-refractivity contribution in [3.8, 4) is 0 Å². The topological polar surface area (TPSA) is 96.6 Å². The Labute approximate surface area is 267 Å². The molecule has 0 fully saturated rings. The van der Waals surface area contributed by atoms with Gasteiger partial charge in [-0.25, -0.2) is 8.78 Å². The zero-order valence-corrected chi connectivity index (χ0v) is 25.3. The van der Waals surface area contributed by atoms with Crippen molar-refractivity contribution in [2.45, 2.75) is 22.2 Å². The maximum absolute atomic E-state index is 15.0. The van der Waals surface area contributed by atoms with Gasteiger partial charge in [-0.1, -0.05) is 89.8 Å². The number of rotatable bonds is 6. The van der Waals surface area contributed by atoms with E-state index >= 15 is 0 Å². The Morgan fingerprint density at radius 2 is 1.48 bits per heavy atom. The van der Waals surface area contributed by atoms with E-state index in [1.807, 2.05) is 0 Å². The Morgan fingerprint density at radius 3 is 2.26 bits per heavy atom. The fourth-order valence-electron chi connectivity index (χ4n) is 6.17. The van der Waals surface area contributed by atoms with Crippen LogP contribution in [0.5, 0.6) is 0 Å². The summed E-state index contributed by atoms with van der Waals surface area (Å²) in [7, 11) is 0. The summed E-state index contributed by atoms with van der Waals surface area (Å²) in [6, 6.07) is 25.8. The lowest BCUT2D eigenvalue weighted by atomic mass is 9.84. The third-order valence-electron chi connectivity index (χ3n) is 8.21. The first-order valence-electron chi connectivity index (χ1n) is 14.1. The van der Waals surface area contributed by atoms with Gasteiger partial charge in [-0.15, -0.1) is 10.2 Å². The standard InChI is InChI=1S/C34H20F2N4O4S2/c35-23-13-5-1-9-19(23)17-39-25-15-7-4-12-22(25)34(31(39)43)27-28(41)21-11-3-8-16-26(21)44-29(27)30(42)40(34)32-37-38-33(46-32)45-18-20-10-2-6-14-24(20)36/h1-16H,17-18H2. The molecule has 0 saturated heterocycles. The van der Waals surface area contributed by atoms with Gasteiger partial charge in [0.2, 0.25) is 10.9 Å². The highest BCUT2D eigenvalue weighted by molar-refractivity contribution is 8.00. The van der Waals surface area contributed by atoms with E-state index in [0.29, 0.717) is 21.2 Å². The maximum atomic E-state index is 15.0. The molecule has 1 spiro atoms. The summed E-state index contributed by atoms with van der Waals surface area (Å²) >= 11 is 2.26. The summed E-state index contributed by atoms with van der Waals surface area (Å²) in [4.78, 5) is 46.3. The first kappa shape index (κ1) is 28.3. The molecule has 0 saturated carbocycles. The summed E-state index contributed by atoms with van der Waals surface area (Å²) in [5, 5.41) is 8.79. The molecule has 8 nitrogen and oxygen atoms in total. The number of carbonyl (C=O) groups is 2. The van der Waals surface area contributed by atoms with Crippen LogP contribution >= 0.6 is 23.1 Å². The summed E-state index contributed by atoms with van der Waals surface area (Å²) in [6.07, 6.45) is 0. The molecule has 6 aromatic rings. The fraction of sp³-hybridized carbons (Fsp3) is 0.0882. The molecule has 2 amide bonds. The maximum Gasteiger partial charge on any atom is 0.297 e. The van der Waals surface area contributed by atoms with Crippen molar-refractivity contribution in [3.05, 3.63) is 147 Å². The lowest BCUT2D eigenvalue weighted by Gasteiger charge is -2.32. The molecule has 1 atom stereocenters. The van der Waals surface area contributed by atoms with Crippen LogP contribution < -0.4 is 15.2 Å². The second-order valence-corrected chi connectivity index (χ2v) is 12.9. The van der Waals surface area contributed by atoms with Crippen LogP contribution in [-0.2, 0) is 22.6 Å². The number of nitrogens with zero attached hydrogens (tertiary/aromatic N) is 4. The molecule has 0 radical (unpaired) electrons. The molecule has 2 aromatic heterocycles. The summed E-state index contributed by atoms with van der Waals surface area (Å²) in [5.74, 6) is -2.26. The molecule has 4 aromatic carbocycles. The number of benzene rings is 4. The molecule has 2 aliphatic rings. The van der Waals surface area contributed by atoms with Crippen LogP contribution in [0.1, 0.15) is 32.8 Å². The van der Waals surface area contributed by atoms with Gasteiger partial charge in [0.15, 0.2) is 15.3 Å². The van der Waals surface area contributed by atoms with Crippen molar-refractivity contribution in [2.24, 2.45) is 0 Å². The molecule has 46 heavy (non-hydrogen) atoms. The van der Waals surface area contributed by atoms with Crippen LogP contribution in [0.4, 0.5) is 19.6 Å². The number of carbonyl (C=O) groups excluding carboxylic acids is 2. The van der Waals surface area contributed by atoms with E-state index in [0.717, 1.165) is 11.3 Å². The van der Waals surface area contributed by atoms with Gasteiger partial charge in [0.05, 0.1) is 23.2 Å². The highest BCUT2D eigenvalue weighted by atomic mass is 32.2. The third kappa shape index (κ3) is 4.06. The van der Waals surface area contributed by atoms with Crippen LogP contribution in [0.2, 0.25) is 0 Å². The van der Waals surface area contributed by atoms with Crippen LogP contribution in [0.15, 0.2) is 111 Å². The third-order valence-corrected chi connectivity index (χ3v) is 10.3. The zero-order valence-electron chi connectivity index (χ0n) is 23.6. The average molecular weight is 651 g/mol. The second-order valence-electron chi connectivity index (χ2n) is 10.7. The van der Waals surface area contributed by atoms with Crippen LogP contribution in [-0.4, -0.2) is 22.0 Å². The van der Waals surface area contributed by atoms with Crippen molar-refractivity contribution in [1.29, 1.82) is 0 Å². The Balaban J connectivity index is 1.32. The Morgan fingerprint density at radius 1 is 0.804 bits per heavy atom. The second kappa shape index (κ2) is 10.7. The molecular weight excluding hydrogens is 631 g/mol. The number of hydrogen-bond donors (Lipinski definition) is 0. The van der Waals surface area contributed by atoms with E-state index in [1.54, 1.807) is 84.9 Å². The van der Waals surface area contributed by atoms with Gasteiger partial charge in [0.25, 0.3) is 11.8 Å². The molecule has 12 heteroatoms. The molecule has 2 aliphatic heterocycles. The summed E-state index contributed by atoms with van der Waals surface area (Å²) < 4.78 is 35.7. The van der Waals surface area contributed by atoms with Gasteiger partial charge in [0.1, 0.15) is 17.2 Å². The Hall–Kier alpha value is -5.20. The Bertz CT molecular complexity index is 2290. The monoisotopic (exact) mass is 650 g/mol. The van der Waals surface area contributed by atoms with E-state index in [-0.39, 0.29) is 51.1 Å². The molecule has 226 valence electrons. The summed E-state index contributed by atoms with van der Waals surface area (Å²) in [6.45, 7) is -0.152. The van der Waals surface area contributed by atoms with Gasteiger partial charge in [-0.2, -0.15) is 0 Å². The molecule has 4 heterocycles. The SMILES string of the molecule is O=C1c2oc3ccccc3c(=O)c2C2(C(=O)N(Cc3ccccc3F)c3ccccc32)N1c1nnc(SCc2ccccc2F)s1. The predicted molar refractivity (Wildman–Crippen MR) is 170 cm³/mol. The number of para-hydroxylation sites is 2. The lowest BCUT2D eigenvalue weighted by molar-refractivity contribution is -0.121. The van der Waals surface area contributed by atoms with Crippen molar-refractivity contribution in [2.75, 3.05) is 9.80 Å². The molecule has 1 unspecified atom stereocenters. The minimum Gasteiger partial charge on any atom is -0.450 e. The zero-order chi connectivity index (χ0) is 31.6. The van der Waals surface area contributed by atoms with E-state index < -0.39 is 28.6 Å². The van der Waals surface area contributed by atoms with Crippen molar-refractivity contribution in [3.63, 3.8) is 0 Å². The molecular formula is C34H20F2N4O4S2. The largest absolute Gasteiger partial charge is 0.450 e. The normalized spacial score (nSPS) is 16.9. The number of hydrogen-bond acceptors (Lipinski definition) is 8. The van der Waals surface area contributed by atoms with Gasteiger partial charge in [-0.05, 0) is 35.9 Å². The fourth-order valence-corrected chi connectivity index (χ4v) is 8.05. The minimum atomic E-state index is -2.01. The van der Waals surface area contributed by atoms with Gasteiger partial charge in [0, 0.05) is 16.9 Å². The number of anilines is 2. The molecule has 0 bridgehead atoms. The van der Waals surface area contributed by atoms with Crippen molar-refractivity contribution in [1.82, 2.24) is 10.2 Å². The van der Waals surface area contributed by atoms with E-state index in [4.69, 9.17) is 4.42 Å². The molecule has 0 aliphatic carbocycles. The van der Waals surface area contributed by atoms with Gasteiger partial charge < -0.3 is 9.32 Å². The van der Waals surface area contributed by atoms with Crippen LogP contribution in [0.3, 0.4) is 0 Å². The number of fused-ring (bicyclic) bond motifs is 5. The molecule has 8 rings (SSSR count). The molecule has 0 N–H and O–H groups in total. The first-order chi connectivity index (χ1) is 22.4. The van der Waals surface area contributed by atoms with Crippen LogP contribution in [0.25, 0.3) is 11.0 Å². The number of aromatic nitrogens is 2. The van der Waals surface area contributed by atoms with Crippen LogP contribution in [0, 0.1) is 11.6 Å². The van der Waals surface area contributed by atoms with Crippen molar-refractivity contribution >= 4 is 56.7 Å².